The molecule has 0 saturated heterocycles. The first-order chi connectivity index (χ1) is 8.16. The lowest BCUT2D eigenvalue weighted by atomic mass is 9.67. The van der Waals surface area contributed by atoms with Gasteiger partial charge in [0.05, 0.1) is 5.41 Å². The molecular formula is C14H26N2O. The molecular weight excluding hydrogens is 212 g/mol. The number of hydrogen-bond donors (Lipinski definition) is 2. The van der Waals surface area contributed by atoms with Crippen molar-refractivity contribution in [3.05, 3.63) is 0 Å². The molecule has 2 aliphatic carbocycles. The van der Waals surface area contributed by atoms with Crippen molar-refractivity contribution in [1.82, 2.24) is 5.32 Å². The Kier molecular flexibility index (Phi) is 3.76. The zero-order valence-electron chi connectivity index (χ0n) is 11.1. The second-order valence-electron chi connectivity index (χ2n) is 6.08. The van der Waals surface area contributed by atoms with E-state index in [2.05, 4.69) is 12.2 Å². The standard InChI is InChI=1S/C14H26N2O/c1-2-13(6-5-7-13)11-16-12(17)14(10-15)8-3-4-9-14/h2-11,15H2,1H3,(H,16,17). The predicted molar refractivity (Wildman–Crippen MR) is 69.5 cm³/mol. The second-order valence-corrected chi connectivity index (χ2v) is 6.08. The van der Waals surface area contributed by atoms with Gasteiger partial charge in [0.1, 0.15) is 0 Å². The fourth-order valence-electron chi connectivity index (χ4n) is 3.36. The fraction of sp³-hybridized carbons (Fsp3) is 0.929. The molecule has 0 spiro atoms. The highest BCUT2D eigenvalue weighted by atomic mass is 16.2. The molecule has 2 rings (SSSR count). The molecule has 0 radical (unpaired) electrons. The van der Waals surface area contributed by atoms with Crippen molar-refractivity contribution in [3.63, 3.8) is 0 Å². The Balaban J connectivity index is 1.88. The Labute approximate surface area is 105 Å². The number of nitrogens with one attached hydrogen (secondary N) is 1. The quantitative estimate of drug-likeness (QED) is 0.771. The summed E-state index contributed by atoms with van der Waals surface area (Å²) in [5, 5.41) is 3.19. The highest BCUT2D eigenvalue weighted by Gasteiger charge is 2.41. The average molecular weight is 238 g/mol. The van der Waals surface area contributed by atoms with Crippen LogP contribution in [0.2, 0.25) is 0 Å². The highest BCUT2D eigenvalue weighted by molar-refractivity contribution is 5.83. The Morgan fingerprint density at radius 1 is 1.18 bits per heavy atom. The second kappa shape index (κ2) is 4.97. The van der Waals surface area contributed by atoms with Crippen LogP contribution in [0.3, 0.4) is 0 Å². The lowest BCUT2D eigenvalue weighted by Gasteiger charge is -2.42. The Morgan fingerprint density at radius 3 is 2.24 bits per heavy atom. The molecule has 98 valence electrons. The normalized spacial score (nSPS) is 25.3. The predicted octanol–water partition coefficient (Wildman–Crippen LogP) is 2.20. The van der Waals surface area contributed by atoms with Crippen LogP contribution in [0.5, 0.6) is 0 Å². The van der Waals surface area contributed by atoms with Crippen molar-refractivity contribution in [3.8, 4) is 0 Å². The number of rotatable bonds is 5. The SMILES string of the molecule is CCC1(CNC(=O)C2(CN)CCCC2)CCC1. The summed E-state index contributed by atoms with van der Waals surface area (Å²) in [6, 6.07) is 0. The van der Waals surface area contributed by atoms with Gasteiger partial charge in [0.15, 0.2) is 0 Å². The first-order valence-electron chi connectivity index (χ1n) is 7.15. The average Bonchev–Trinajstić information content (AvgIpc) is 2.77. The fourth-order valence-corrected chi connectivity index (χ4v) is 3.36. The maximum Gasteiger partial charge on any atom is 0.227 e. The summed E-state index contributed by atoms with van der Waals surface area (Å²) in [4.78, 5) is 12.3. The summed E-state index contributed by atoms with van der Waals surface area (Å²) in [6.07, 6.45) is 9.34. The molecule has 17 heavy (non-hydrogen) atoms. The molecule has 2 saturated carbocycles. The zero-order valence-corrected chi connectivity index (χ0v) is 11.1. The maximum atomic E-state index is 12.3. The first-order valence-corrected chi connectivity index (χ1v) is 7.15. The number of nitrogens with two attached hydrogens (primary N) is 1. The smallest absolute Gasteiger partial charge is 0.227 e. The third-order valence-corrected chi connectivity index (χ3v) is 5.22. The van der Waals surface area contributed by atoms with Gasteiger partial charge in [-0.25, -0.2) is 0 Å². The molecule has 2 fully saturated rings. The van der Waals surface area contributed by atoms with E-state index in [-0.39, 0.29) is 11.3 Å². The Hall–Kier alpha value is -0.570. The summed E-state index contributed by atoms with van der Waals surface area (Å²) >= 11 is 0. The molecule has 2 aliphatic rings. The number of amides is 1. The number of carbonyl (C=O) groups is 1. The van der Waals surface area contributed by atoms with Gasteiger partial charge in [-0.1, -0.05) is 26.2 Å². The minimum atomic E-state index is -0.237. The van der Waals surface area contributed by atoms with Crippen LogP contribution in [0.25, 0.3) is 0 Å². The first kappa shape index (κ1) is 12.9. The summed E-state index contributed by atoms with van der Waals surface area (Å²) in [6.45, 7) is 3.61. The van der Waals surface area contributed by atoms with Gasteiger partial charge in [0.25, 0.3) is 0 Å². The van der Waals surface area contributed by atoms with Crippen molar-refractivity contribution in [2.75, 3.05) is 13.1 Å². The van der Waals surface area contributed by atoms with Gasteiger partial charge in [0, 0.05) is 13.1 Å². The van der Waals surface area contributed by atoms with Gasteiger partial charge in [-0.2, -0.15) is 0 Å². The molecule has 0 aromatic heterocycles. The largest absolute Gasteiger partial charge is 0.355 e. The minimum absolute atomic E-state index is 0.220. The van der Waals surface area contributed by atoms with Gasteiger partial charge in [0.2, 0.25) is 5.91 Å². The molecule has 3 heteroatoms. The minimum Gasteiger partial charge on any atom is -0.355 e. The lowest BCUT2D eigenvalue weighted by molar-refractivity contribution is -0.131. The van der Waals surface area contributed by atoms with Crippen LogP contribution >= 0.6 is 0 Å². The lowest BCUT2D eigenvalue weighted by Crippen LogP contribution is -2.49. The third-order valence-electron chi connectivity index (χ3n) is 5.22. The third kappa shape index (κ3) is 2.35. The molecule has 0 aromatic carbocycles. The number of hydrogen-bond acceptors (Lipinski definition) is 2. The summed E-state index contributed by atoms with van der Waals surface area (Å²) < 4.78 is 0. The van der Waals surface area contributed by atoms with Crippen molar-refractivity contribution >= 4 is 5.91 Å². The van der Waals surface area contributed by atoms with Crippen molar-refractivity contribution in [1.29, 1.82) is 0 Å². The topological polar surface area (TPSA) is 55.1 Å². The van der Waals surface area contributed by atoms with E-state index >= 15 is 0 Å². The van der Waals surface area contributed by atoms with Crippen LogP contribution < -0.4 is 11.1 Å². The van der Waals surface area contributed by atoms with E-state index in [4.69, 9.17) is 5.73 Å². The molecule has 3 nitrogen and oxygen atoms in total. The van der Waals surface area contributed by atoms with E-state index in [9.17, 15) is 4.79 Å². The van der Waals surface area contributed by atoms with Crippen molar-refractivity contribution in [2.24, 2.45) is 16.6 Å². The van der Waals surface area contributed by atoms with Gasteiger partial charge in [-0.15, -0.1) is 0 Å². The monoisotopic (exact) mass is 238 g/mol. The molecule has 0 unspecified atom stereocenters. The molecule has 3 N–H and O–H groups in total. The van der Waals surface area contributed by atoms with E-state index in [0.717, 1.165) is 32.2 Å². The van der Waals surface area contributed by atoms with Crippen LogP contribution in [0.15, 0.2) is 0 Å². The molecule has 0 atom stereocenters. The van der Waals surface area contributed by atoms with Crippen LogP contribution in [0.1, 0.15) is 58.3 Å². The Bertz CT molecular complexity index is 272. The van der Waals surface area contributed by atoms with Crippen molar-refractivity contribution < 1.29 is 4.79 Å². The van der Waals surface area contributed by atoms with Gasteiger partial charge >= 0.3 is 0 Å². The van der Waals surface area contributed by atoms with Crippen LogP contribution in [0, 0.1) is 10.8 Å². The van der Waals surface area contributed by atoms with E-state index in [0.29, 0.717) is 12.0 Å². The van der Waals surface area contributed by atoms with Crippen LogP contribution in [-0.4, -0.2) is 19.0 Å². The summed E-state index contributed by atoms with van der Waals surface area (Å²) in [5.41, 5.74) is 6.00. The summed E-state index contributed by atoms with van der Waals surface area (Å²) in [7, 11) is 0. The van der Waals surface area contributed by atoms with Gasteiger partial charge in [-0.05, 0) is 37.5 Å². The zero-order chi connectivity index (χ0) is 12.4. The van der Waals surface area contributed by atoms with E-state index in [1.54, 1.807) is 0 Å². The van der Waals surface area contributed by atoms with Crippen LogP contribution in [0.4, 0.5) is 0 Å². The molecule has 0 aliphatic heterocycles. The van der Waals surface area contributed by atoms with Gasteiger partial charge < -0.3 is 11.1 Å². The van der Waals surface area contributed by atoms with E-state index < -0.39 is 0 Å². The molecule has 0 bridgehead atoms. The van der Waals surface area contributed by atoms with Crippen LogP contribution in [-0.2, 0) is 4.79 Å². The number of carbonyl (C=O) groups excluding carboxylic acids is 1. The maximum absolute atomic E-state index is 12.3. The van der Waals surface area contributed by atoms with Gasteiger partial charge in [-0.3, -0.25) is 4.79 Å². The highest BCUT2D eigenvalue weighted by Crippen LogP contribution is 2.43. The summed E-state index contributed by atoms with van der Waals surface area (Å²) in [5.74, 6) is 0.220. The molecule has 0 aromatic rings. The van der Waals surface area contributed by atoms with E-state index in [1.165, 1.54) is 25.7 Å². The molecule has 1 amide bonds. The molecule has 0 heterocycles. The van der Waals surface area contributed by atoms with Crippen molar-refractivity contribution in [2.45, 2.75) is 58.3 Å². The Morgan fingerprint density at radius 2 is 1.82 bits per heavy atom. The van der Waals surface area contributed by atoms with E-state index in [1.807, 2.05) is 0 Å².